The Bertz CT molecular complexity index is 533. The van der Waals surface area contributed by atoms with Crippen molar-refractivity contribution in [3.05, 3.63) is 59.9 Å². The molecule has 1 N–H and O–H groups in total. The highest BCUT2D eigenvalue weighted by atomic mass is 32.2. The fourth-order valence-electron chi connectivity index (χ4n) is 1.85. The zero-order valence-electron chi connectivity index (χ0n) is 11.4. The quantitative estimate of drug-likeness (QED) is 0.620. The molecule has 0 saturated carbocycles. The van der Waals surface area contributed by atoms with Crippen LogP contribution in [0.2, 0.25) is 0 Å². The minimum Gasteiger partial charge on any atom is -0.492 e. The van der Waals surface area contributed by atoms with Crippen LogP contribution in [0.25, 0.3) is 0 Å². The van der Waals surface area contributed by atoms with Gasteiger partial charge >= 0.3 is 0 Å². The standard InChI is InChI=1S/C16H18FNOS/c1-18-12-13-11-14(17)7-8-16(13)19-9-10-20-15-5-3-2-4-6-15/h2-8,11,18H,9-10,12H2,1H3. The molecule has 0 atom stereocenters. The molecule has 2 aromatic carbocycles. The topological polar surface area (TPSA) is 21.3 Å². The summed E-state index contributed by atoms with van der Waals surface area (Å²) < 4.78 is 18.9. The fraction of sp³-hybridized carbons (Fsp3) is 0.250. The van der Waals surface area contributed by atoms with Gasteiger partial charge in [0.05, 0.1) is 6.61 Å². The molecule has 0 unspecified atom stereocenters. The number of nitrogens with one attached hydrogen (secondary N) is 1. The van der Waals surface area contributed by atoms with Crippen LogP contribution < -0.4 is 10.1 Å². The second-order valence-corrected chi connectivity index (χ2v) is 5.46. The predicted octanol–water partition coefficient (Wildman–Crippen LogP) is 3.72. The summed E-state index contributed by atoms with van der Waals surface area (Å²) in [5.74, 6) is 1.37. The lowest BCUT2D eigenvalue weighted by Gasteiger charge is -2.11. The Labute approximate surface area is 123 Å². The first-order valence-corrected chi connectivity index (χ1v) is 7.52. The van der Waals surface area contributed by atoms with E-state index in [2.05, 4.69) is 17.4 Å². The third kappa shape index (κ3) is 4.54. The van der Waals surface area contributed by atoms with Crippen molar-refractivity contribution in [3.63, 3.8) is 0 Å². The molecule has 0 fully saturated rings. The van der Waals surface area contributed by atoms with Crippen molar-refractivity contribution in [2.24, 2.45) is 0 Å². The normalized spacial score (nSPS) is 10.5. The van der Waals surface area contributed by atoms with Crippen LogP contribution in [-0.2, 0) is 6.54 Å². The molecule has 0 radical (unpaired) electrons. The van der Waals surface area contributed by atoms with Gasteiger partial charge in [-0.25, -0.2) is 4.39 Å². The highest BCUT2D eigenvalue weighted by molar-refractivity contribution is 7.99. The van der Waals surface area contributed by atoms with Crippen LogP contribution in [0.5, 0.6) is 5.75 Å². The first-order chi connectivity index (χ1) is 9.79. The van der Waals surface area contributed by atoms with Crippen LogP contribution in [0, 0.1) is 5.82 Å². The zero-order valence-corrected chi connectivity index (χ0v) is 12.3. The van der Waals surface area contributed by atoms with Gasteiger partial charge in [-0.15, -0.1) is 11.8 Å². The summed E-state index contributed by atoms with van der Waals surface area (Å²) >= 11 is 1.75. The lowest BCUT2D eigenvalue weighted by Crippen LogP contribution is -2.09. The molecule has 2 aromatic rings. The Kier molecular flexibility index (Phi) is 5.89. The van der Waals surface area contributed by atoms with Crippen molar-refractivity contribution in [2.75, 3.05) is 19.4 Å². The smallest absolute Gasteiger partial charge is 0.124 e. The molecule has 0 aliphatic heterocycles. The summed E-state index contributed by atoms with van der Waals surface area (Å²) in [6.45, 7) is 1.20. The molecule has 0 aliphatic rings. The minimum absolute atomic E-state index is 0.235. The van der Waals surface area contributed by atoms with Crippen molar-refractivity contribution < 1.29 is 9.13 Å². The molecule has 4 heteroatoms. The summed E-state index contributed by atoms with van der Waals surface area (Å²) in [5, 5.41) is 3.02. The average Bonchev–Trinajstić information content (AvgIpc) is 2.47. The van der Waals surface area contributed by atoms with Gasteiger partial charge in [0.25, 0.3) is 0 Å². The van der Waals surface area contributed by atoms with E-state index < -0.39 is 0 Å². The summed E-state index contributed by atoms with van der Waals surface area (Å²) in [6.07, 6.45) is 0. The SMILES string of the molecule is CNCc1cc(F)ccc1OCCSc1ccccc1. The summed E-state index contributed by atoms with van der Waals surface area (Å²) in [6, 6.07) is 14.8. The number of rotatable bonds is 7. The summed E-state index contributed by atoms with van der Waals surface area (Å²) in [4.78, 5) is 1.23. The molecule has 0 aromatic heterocycles. The molecule has 0 aliphatic carbocycles. The summed E-state index contributed by atoms with van der Waals surface area (Å²) in [5.41, 5.74) is 0.845. The highest BCUT2D eigenvalue weighted by Gasteiger charge is 2.04. The zero-order chi connectivity index (χ0) is 14.2. The van der Waals surface area contributed by atoms with E-state index in [9.17, 15) is 4.39 Å². The van der Waals surface area contributed by atoms with Gasteiger partial charge in [-0.1, -0.05) is 18.2 Å². The maximum atomic E-state index is 13.2. The second-order valence-electron chi connectivity index (χ2n) is 4.29. The van der Waals surface area contributed by atoms with Crippen LogP contribution >= 0.6 is 11.8 Å². The Morgan fingerprint density at radius 2 is 1.95 bits per heavy atom. The Balaban J connectivity index is 1.84. The van der Waals surface area contributed by atoms with Crippen molar-refractivity contribution in [2.45, 2.75) is 11.4 Å². The van der Waals surface area contributed by atoms with E-state index in [-0.39, 0.29) is 5.82 Å². The van der Waals surface area contributed by atoms with Crippen LogP contribution in [0.3, 0.4) is 0 Å². The molecule has 0 spiro atoms. The maximum absolute atomic E-state index is 13.2. The molecule has 106 valence electrons. The van der Waals surface area contributed by atoms with Crippen molar-refractivity contribution in [1.29, 1.82) is 0 Å². The van der Waals surface area contributed by atoms with Crippen LogP contribution in [0.1, 0.15) is 5.56 Å². The van der Waals surface area contributed by atoms with Crippen molar-refractivity contribution in [1.82, 2.24) is 5.32 Å². The first kappa shape index (κ1) is 14.9. The monoisotopic (exact) mass is 291 g/mol. The van der Waals surface area contributed by atoms with E-state index in [1.807, 2.05) is 25.2 Å². The van der Waals surface area contributed by atoms with Gasteiger partial charge in [0, 0.05) is 22.8 Å². The molecule has 0 amide bonds. The van der Waals surface area contributed by atoms with Crippen molar-refractivity contribution in [3.8, 4) is 5.75 Å². The fourth-order valence-corrected chi connectivity index (χ4v) is 2.60. The number of hydrogen-bond donors (Lipinski definition) is 1. The molecular formula is C16H18FNOS. The van der Waals surface area contributed by atoms with Gasteiger partial charge in [0.1, 0.15) is 11.6 Å². The maximum Gasteiger partial charge on any atom is 0.124 e. The predicted molar refractivity (Wildman–Crippen MR) is 81.8 cm³/mol. The van der Waals surface area contributed by atoms with Gasteiger partial charge < -0.3 is 10.1 Å². The van der Waals surface area contributed by atoms with Crippen LogP contribution in [0.15, 0.2) is 53.4 Å². The van der Waals surface area contributed by atoms with Gasteiger partial charge in [0.2, 0.25) is 0 Å². The molecular weight excluding hydrogens is 273 g/mol. The number of benzene rings is 2. The van der Waals surface area contributed by atoms with E-state index in [0.717, 1.165) is 17.1 Å². The number of thioether (sulfide) groups is 1. The van der Waals surface area contributed by atoms with E-state index in [0.29, 0.717) is 13.2 Å². The Morgan fingerprint density at radius 3 is 2.70 bits per heavy atom. The number of hydrogen-bond acceptors (Lipinski definition) is 3. The lowest BCUT2D eigenvalue weighted by molar-refractivity contribution is 0.338. The summed E-state index contributed by atoms with van der Waals surface area (Å²) in [7, 11) is 1.83. The Hall–Kier alpha value is -1.52. The third-order valence-corrected chi connectivity index (χ3v) is 3.72. The minimum atomic E-state index is -0.235. The highest BCUT2D eigenvalue weighted by Crippen LogP contribution is 2.21. The van der Waals surface area contributed by atoms with E-state index in [1.54, 1.807) is 17.8 Å². The lowest BCUT2D eigenvalue weighted by atomic mass is 10.2. The van der Waals surface area contributed by atoms with Gasteiger partial charge in [-0.3, -0.25) is 0 Å². The van der Waals surface area contributed by atoms with Crippen LogP contribution in [-0.4, -0.2) is 19.4 Å². The van der Waals surface area contributed by atoms with Gasteiger partial charge in [0.15, 0.2) is 0 Å². The number of ether oxygens (including phenoxy) is 1. The van der Waals surface area contributed by atoms with E-state index in [1.165, 1.54) is 17.0 Å². The largest absolute Gasteiger partial charge is 0.492 e. The number of halogens is 1. The molecule has 20 heavy (non-hydrogen) atoms. The van der Waals surface area contributed by atoms with Crippen molar-refractivity contribution >= 4 is 11.8 Å². The molecule has 0 saturated heterocycles. The first-order valence-electron chi connectivity index (χ1n) is 6.53. The van der Waals surface area contributed by atoms with Gasteiger partial charge in [-0.05, 0) is 37.4 Å². The van der Waals surface area contributed by atoms with E-state index >= 15 is 0 Å². The third-order valence-electron chi connectivity index (χ3n) is 2.74. The molecule has 0 heterocycles. The average molecular weight is 291 g/mol. The van der Waals surface area contributed by atoms with E-state index in [4.69, 9.17) is 4.74 Å². The van der Waals surface area contributed by atoms with Crippen LogP contribution in [0.4, 0.5) is 4.39 Å². The van der Waals surface area contributed by atoms with Gasteiger partial charge in [-0.2, -0.15) is 0 Å². The molecule has 2 rings (SSSR count). The molecule has 2 nitrogen and oxygen atoms in total. The molecule has 0 bridgehead atoms. The second kappa shape index (κ2) is 7.92. The Morgan fingerprint density at radius 1 is 1.15 bits per heavy atom.